The van der Waals surface area contributed by atoms with Crippen LogP contribution in [0.1, 0.15) is 47.2 Å². The van der Waals surface area contributed by atoms with Crippen LogP contribution in [-0.2, 0) is 12.6 Å². The van der Waals surface area contributed by atoms with E-state index in [0.29, 0.717) is 30.9 Å². The molecule has 9 heteroatoms. The van der Waals surface area contributed by atoms with Crippen molar-refractivity contribution in [2.24, 2.45) is 0 Å². The van der Waals surface area contributed by atoms with Crippen molar-refractivity contribution in [3.8, 4) is 10.4 Å². The van der Waals surface area contributed by atoms with Gasteiger partial charge in [-0.05, 0) is 32.8 Å². The molecule has 5 nitrogen and oxygen atoms in total. The lowest BCUT2D eigenvalue weighted by Crippen LogP contribution is -2.39. The van der Waals surface area contributed by atoms with Gasteiger partial charge in [0.25, 0.3) is 5.91 Å². The van der Waals surface area contributed by atoms with Crippen LogP contribution in [0.3, 0.4) is 0 Å². The molecule has 1 amide bonds. The van der Waals surface area contributed by atoms with Gasteiger partial charge in [-0.3, -0.25) is 4.79 Å². The number of alkyl halides is 3. The van der Waals surface area contributed by atoms with Gasteiger partial charge in [-0.25, -0.2) is 15.0 Å². The minimum atomic E-state index is -4.46. The molecule has 1 atom stereocenters. The predicted octanol–water partition coefficient (Wildman–Crippen LogP) is 5.41. The van der Waals surface area contributed by atoms with E-state index in [-0.39, 0.29) is 11.9 Å². The lowest BCUT2D eigenvalue weighted by molar-refractivity contribution is -0.138. The molecule has 164 valence electrons. The van der Waals surface area contributed by atoms with Crippen molar-refractivity contribution in [2.45, 2.75) is 45.8 Å². The van der Waals surface area contributed by atoms with Crippen molar-refractivity contribution < 1.29 is 18.0 Å². The smallest absolute Gasteiger partial charge is 0.335 e. The minimum Gasteiger partial charge on any atom is -0.335 e. The van der Waals surface area contributed by atoms with Crippen molar-refractivity contribution in [1.29, 1.82) is 0 Å². The lowest BCUT2D eigenvalue weighted by atomic mass is 10.1. The van der Waals surface area contributed by atoms with Gasteiger partial charge in [0.2, 0.25) is 0 Å². The number of thiazole rings is 1. The molecule has 0 bridgehead atoms. The molecule has 0 spiro atoms. The first-order valence-electron chi connectivity index (χ1n) is 9.92. The number of aryl methyl sites for hydroxylation is 2. The zero-order valence-corrected chi connectivity index (χ0v) is 18.3. The van der Waals surface area contributed by atoms with Gasteiger partial charge in [0.15, 0.2) is 0 Å². The van der Waals surface area contributed by atoms with Crippen molar-refractivity contribution in [3.05, 3.63) is 64.8 Å². The quantitative estimate of drug-likeness (QED) is 0.485. The van der Waals surface area contributed by atoms with Crippen LogP contribution in [0.4, 0.5) is 13.2 Å². The summed E-state index contributed by atoms with van der Waals surface area (Å²) in [5, 5.41) is 0.809. The molecule has 31 heavy (non-hydrogen) atoms. The summed E-state index contributed by atoms with van der Waals surface area (Å²) in [6, 6.07) is 9.50. The highest BCUT2D eigenvalue weighted by Gasteiger charge is 2.31. The largest absolute Gasteiger partial charge is 0.419 e. The second-order valence-electron chi connectivity index (χ2n) is 7.14. The highest BCUT2D eigenvalue weighted by Crippen LogP contribution is 2.31. The van der Waals surface area contributed by atoms with Gasteiger partial charge in [0.1, 0.15) is 11.5 Å². The Kier molecular flexibility index (Phi) is 7.04. The normalized spacial score (nSPS) is 12.6. The van der Waals surface area contributed by atoms with E-state index >= 15 is 0 Å². The summed E-state index contributed by atoms with van der Waals surface area (Å²) in [6.45, 7) is 6.16. The lowest BCUT2D eigenvalue weighted by Gasteiger charge is -2.27. The number of hydrogen-bond donors (Lipinski definition) is 0. The Balaban J connectivity index is 1.73. The van der Waals surface area contributed by atoms with Gasteiger partial charge in [-0.2, -0.15) is 13.2 Å². The van der Waals surface area contributed by atoms with Gasteiger partial charge in [0, 0.05) is 31.4 Å². The zero-order valence-electron chi connectivity index (χ0n) is 17.5. The molecule has 2 heterocycles. The van der Waals surface area contributed by atoms with Crippen LogP contribution >= 0.6 is 11.3 Å². The summed E-state index contributed by atoms with van der Waals surface area (Å²) in [6.07, 6.45) is -1.99. The summed E-state index contributed by atoms with van der Waals surface area (Å²) in [5.41, 5.74) is 0.494. The summed E-state index contributed by atoms with van der Waals surface area (Å²) in [7, 11) is 0. The van der Waals surface area contributed by atoms with Gasteiger partial charge in [0.05, 0.1) is 15.4 Å². The molecule has 0 radical (unpaired) electrons. The number of carbonyl (C=O) groups is 1. The van der Waals surface area contributed by atoms with Gasteiger partial charge in [-0.1, -0.05) is 30.3 Å². The third kappa shape index (κ3) is 5.46. The van der Waals surface area contributed by atoms with Crippen LogP contribution in [0.5, 0.6) is 0 Å². The second kappa shape index (κ2) is 9.55. The molecule has 0 aliphatic carbocycles. The van der Waals surface area contributed by atoms with Crippen LogP contribution in [-0.4, -0.2) is 38.3 Å². The Morgan fingerprint density at radius 1 is 1.16 bits per heavy atom. The fourth-order valence-electron chi connectivity index (χ4n) is 3.27. The van der Waals surface area contributed by atoms with Gasteiger partial charge in [-0.15, -0.1) is 11.3 Å². The summed E-state index contributed by atoms with van der Waals surface area (Å²) in [4.78, 5) is 28.0. The fourth-order valence-corrected chi connectivity index (χ4v) is 4.19. The first kappa shape index (κ1) is 22.9. The minimum absolute atomic E-state index is 0.158. The number of benzene rings is 1. The maximum Gasteiger partial charge on any atom is 0.419 e. The average Bonchev–Trinajstić information content (AvgIpc) is 3.15. The number of nitrogens with zero attached hydrogens (tertiary/aromatic N) is 4. The maximum atomic E-state index is 13.3. The van der Waals surface area contributed by atoms with Crippen LogP contribution in [0, 0.1) is 6.92 Å². The highest BCUT2D eigenvalue weighted by molar-refractivity contribution is 7.15. The van der Waals surface area contributed by atoms with E-state index in [1.54, 1.807) is 4.90 Å². The third-order valence-electron chi connectivity index (χ3n) is 4.92. The van der Waals surface area contributed by atoms with Crippen molar-refractivity contribution in [2.75, 3.05) is 6.54 Å². The number of carbonyl (C=O) groups excluding carboxylic acids is 1. The van der Waals surface area contributed by atoms with E-state index in [1.165, 1.54) is 11.3 Å². The summed E-state index contributed by atoms with van der Waals surface area (Å²) >= 11 is 1.48. The monoisotopic (exact) mass is 448 g/mol. The molecule has 2 aromatic heterocycles. The molecule has 3 rings (SSSR count). The summed E-state index contributed by atoms with van der Waals surface area (Å²) in [5.74, 6) is 0.157. The third-order valence-corrected chi connectivity index (χ3v) is 5.94. The Bertz CT molecular complexity index is 1020. The molecule has 0 fully saturated rings. The zero-order chi connectivity index (χ0) is 22.6. The first-order chi connectivity index (χ1) is 14.7. The van der Waals surface area contributed by atoms with Crippen molar-refractivity contribution >= 4 is 17.2 Å². The second-order valence-corrected chi connectivity index (χ2v) is 8.34. The number of aromatic nitrogens is 3. The topological polar surface area (TPSA) is 59.0 Å². The molecule has 0 aliphatic heterocycles. The first-order valence-corrected chi connectivity index (χ1v) is 10.7. The van der Waals surface area contributed by atoms with E-state index in [2.05, 4.69) is 15.0 Å². The van der Waals surface area contributed by atoms with Gasteiger partial charge < -0.3 is 4.90 Å². The molecule has 0 aliphatic rings. The van der Waals surface area contributed by atoms with E-state index in [1.807, 2.05) is 51.1 Å². The number of hydrogen-bond acceptors (Lipinski definition) is 5. The van der Waals surface area contributed by atoms with Crippen LogP contribution in [0.25, 0.3) is 10.4 Å². The van der Waals surface area contributed by atoms with E-state index < -0.39 is 11.7 Å². The molecule has 3 aromatic rings. The molecular formula is C22H23F3N4OS. The van der Waals surface area contributed by atoms with E-state index in [4.69, 9.17) is 0 Å². The van der Waals surface area contributed by atoms with Crippen molar-refractivity contribution in [1.82, 2.24) is 19.9 Å². The van der Waals surface area contributed by atoms with Gasteiger partial charge >= 0.3 is 6.18 Å². The molecule has 0 unspecified atom stereocenters. The van der Waals surface area contributed by atoms with Crippen molar-refractivity contribution in [3.63, 3.8) is 0 Å². The molecule has 0 saturated carbocycles. The Morgan fingerprint density at radius 3 is 2.39 bits per heavy atom. The van der Waals surface area contributed by atoms with E-state index in [9.17, 15) is 18.0 Å². The van der Waals surface area contributed by atoms with E-state index in [0.717, 1.165) is 27.8 Å². The van der Waals surface area contributed by atoms with Crippen LogP contribution in [0.2, 0.25) is 0 Å². The Morgan fingerprint density at radius 2 is 1.81 bits per heavy atom. The number of amides is 1. The Labute approximate surface area is 183 Å². The number of halogens is 3. The summed E-state index contributed by atoms with van der Waals surface area (Å²) < 4.78 is 38.0. The average molecular weight is 449 g/mol. The molecule has 0 saturated heterocycles. The fraction of sp³-hybridized carbons (Fsp3) is 0.364. The Hall–Kier alpha value is -2.81. The van der Waals surface area contributed by atoms with Crippen LogP contribution < -0.4 is 0 Å². The molecule has 1 aromatic carbocycles. The van der Waals surface area contributed by atoms with Crippen LogP contribution in [0.15, 0.2) is 42.7 Å². The highest BCUT2D eigenvalue weighted by atomic mass is 32.1. The molecule has 0 N–H and O–H groups in total. The standard InChI is InChI=1S/C22H23F3N4OS/c1-4-29(14(2)10-11-18-26-12-17(13-27-18)22(23,24)25)21(30)19-20(31-15(3)28-19)16-8-6-5-7-9-16/h5-9,12-14H,4,10-11H2,1-3H3/t14-/m0/s1. The number of rotatable bonds is 7. The maximum absolute atomic E-state index is 13.3. The molecular weight excluding hydrogens is 425 g/mol. The predicted molar refractivity (Wildman–Crippen MR) is 114 cm³/mol. The SMILES string of the molecule is CCN(C(=O)c1nc(C)sc1-c1ccccc1)[C@@H](C)CCc1ncc(C(F)(F)F)cn1.